The maximum absolute atomic E-state index is 6.21. The molecule has 2 N–H and O–H groups in total. The molecule has 0 amide bonds. The highest BCUT2D eigenvalue weighted by Gasteiger charge is 2.04. The molecule has 0 aliphatic rings. The van der Waals surface area contributed by atoms with Gasteiger partial charge >= 0.3 is 0 Å². The van der Waals surface area contributed by atoms with Gasteiger partial charge in [-0.2, -0.15) is 0 Å². The van der Waals surface area contributed by atoms with Gasteiger partial charge in [0, 0.05) is 11.2 Å². The van der Waals surface area contributed by atoms with Gasteiger partial charge in [-0.05, 0) is 49.9 Å². The van der Waals surface area contributed by atoms with Crippen LogP contribution in [0.5, 0.6) is 0 Å². The molecule has 0 unspecified atom stereocenters. The molecule has 1 aromatic heterocycles. The molecule has 0 saturated heterocycles. The molecular weight excluding hydrogens is 260 g/mol. The molecule has 2 rings (SSSR count). The summed E-state index contributed by atoms with van der Waals surface area (Å²) in [5.74, 6) is 0. The molecule has 0 aliphatic heterocycles. The largest absolute Gasteiger partial charge is 0.330 e. The predicted molar refractivity (Wildman–Crippen MR) is 77.3 cm³/mol. The van der Waals surface area contributed by atoms with E-state index in [9.17, 15) is 0 Å². The van der Waals surface area contributed by atoms with E-state index in [1.54, 1.807) is 0 Å². The Morgan fingerprint density at radius 2 is 2.16 bits per heavy atom. The maximum Gasteiger partial charge on any atom is 0.0827 e. The van der Waals surface area contributed by atoms with E-state index in [1.165, 1.54) is 0 Å². The number of hydrogen-bond acceptors (Lipinski definition) is 3. The van der Waals surface area contributed by atoms with Crippen LogP contribution in [0.2, 0.25) is 5.02 Å². The second kappa shape index (κ2) is 6.68. The van der Waals surface area contributed by atoms with Crippen molar-refractivity contribution in [1.29, 1.82) is 0 Å². The quantitative estimate of drug-likeness (QED) is 0.826. The minimum Gasteiger partial charge on any atom is -0.330 e. The highest BCUT2D eigenvalue weighted by molar-refractivity contribution is 6.31. The molecule has 0 saturated carbocycles. The first-order valence-corrected chi connectivity index (χ1v) is 6.91. The number of halogens is 1. The van der Waals surface area contributed by atoms with Crippen LogP contribution in [0.25, 0.3) is 0 Å². The Morgan fingerprint density at radius 1 is 1.32 bits per heavy atom. The number of hydrogen-bond donors (Lipinski definition) is 1. The summed E-state index contributed by atoms with van der Waals surface area (Å²) in [5, 5.41) is 9.07. The molecule has 0 radical (unpaired) electrons. The molecule has 1 heterocycles. The monoisotopic (exact) mass is 278 g/mol. The van der Waals surface area contributed by atoms with E-state index in [0.29, 0.717) is 6.54 Å². The summed E-state index contributed by atoms with van der Waals surface area (Å²) in [5.41, 5.74) is 8.71. The molecule has 0 bridgehead atoms. The van der Waals surface area contributed by atoms with Crippen LogP contribution >= 0.6 is 11.6 Å². The zero-order valence-electron chi connectivity index (χ0n) is 11.1. The van der Waals surface area contributed by atoms with Crippen molar-refractivity contribution in [3.05, 3.63) is 46.2 Å². The first-order valence-electron chi connectivity index (χ1n) is 6.53. The fourth-order valence-electron chi connectivity index (χ4n) is 1.94. The van der Waals surface area contributed by atoms with E-state index in [1.807, 2.05) is 29.9 Å². The van der Waals surface area contributed by atoms with Crippen molar-refractivity contribution in [2.75, 3.05) is 6.54 Å². The van der Waals surface area contributed by atoms with Crippen molar-refractivity contribution in [1.82, 2.24) is 15.0 Å². The molecule has 0 atom stereocenters. The van der Waals surface area contributed by atoms with Crippen LogP contribution in [0.15, 0.2) is 24.4 Å². The lowest BCUT2D eigenvalue weighted by atomic mass is 10.1. The lowest BCUT2D eigenvalue weighted by Crippen LogP contribution is -2.01. The third-order valence-electron chi connectivity index (χ3n) is 3.01. The molecule has 4 nitrogen and oxygen atoms in total. The van der Waals surface area contributed by atoms with E-state index in [4.69, 9.17) is 17.3 Å². The number of aryl methyl sites for hydroxylation is 2. The van der Waals surface area contributed by atoms with E-state index < -0.39 is 0 Å². The standard InChI is InChI=1S/C14H19ClN4/c1-11-5-6-12(14(15)8-11)9-19-10-13(17-18-19)4-2-3-7-16/h5-6,8,10H,2-4,7,9,16H2,1H3. The van der Waals surface area contributed by atoms with Gasteiger partial charge < -0.3 is 5.73 Å². The van der Waals surface area contributed by atoms with Crippen molar-refractivity contribution in [3.63, 3.8) is 0 Å². The zero-order valence-corrected chi connectivity index (χ0v) is 11.9. The second-order valence-electron chi connectivity index (χ2n) is 4.75. The third-order valence-corrected chi connectivity index (χ3v) is 3.37. The summed E-state index contributed by atoms with van der Waals surface area (Å²) in [6.07, 6.45) is 4.99. The average molecular weight is 279 g/mol. The molecule has 0 spiro atoms. The van der Waals surface area contributed by atoms with Gasteiger partial charge in [0.1, 0.15) is 0 Å². The molecular formula is C14H19ClN4. The number of aromatic nitrogens is 3. The van der Waals surface area contributed by atoms with Gasteiger partial charge in [0.2, 0.25) is 0 Å². The Labute approximate surface area is 118 Å². The SMILES string of the molecule is Cc1ccc(Cn2cc(CCCCN)nn2)c(Cl)c1. The number of benzene rings is 1. The molecule has 102 valence electrons. The van der Waals surface area contributed by atoms with Gasteiger partial charge in [-0.25, -0.2) is 4.68 Å². The van der Waals surface area contributed by atoms with Gasteiger partial charge in [0.05, 0.1) is 12.2 Å². The van der Waals surface area contributed by atoms with Gasteiger partial charge in [0.15, 0.2) is 0 Å². The minimum absolute atomic E-state index is 0.656. The average Bonchev–Trinajstić information content (AvgIpc) is 2.81. The Balaban J connectivity index is 1.99. The van der Waals surface area contributed by atoms with E-state index in [2.05, 4.69) is 16.4 Å². The van der Waals surface area contributed by atoms with Gasteiger partial charge in [-0.15, -0.1) is 5.10 Å². The Morgan fingerprint density at radius 3 is 2.89 bits per heavy atom. The molecule has 0 aliphatic carbocycles. The van der Waals surface area contributed by atoms with Crippen molar-refractivity contribution >= 4 is 11.6 Å². The van der Waals surface area contributed by atoms with Crippen molar-refractivity contribution in [2.24, 2.45) is 5.73 Å². The highest BCUT2D eigenvalue weighted by atomic mass is 35.5. The smallest absolute Gasteiger partial charge is 0.0827 e. The van der Waals surface area contributed by atoms with E-state index in [0.717, 1.165) is 47.7 Å². The molecule has 0 fully saturated rings. The van der Waals surface area contributed by atoms with Crippen LogP contribution in [0, 0.1) is 6.92 Å². The Kier molecular flexibility index (Phi) is 4.93. The first-order chi connectivity index (χ1) is 9.19. The fraction of sp³-hybridized carbons (Fsp3) is 0.429. The lowest BCUT2D eigenvalue weighted by molar-refractivity contribution is 0.648. The summed E-state index contributed by atoms with van der Waals surface area (Å²) in [6.45, 7) is 3.41. The van der Waals surface area contributed by atoms with Crippen molar-refractivity contribution in [2.45, 2.75) is 32.7 Å². The fourth-order valence-corrected chi connectivity index (χ4v) is 2.23. The van der Waals surface area contributed by atoms with Crippen LogP contribution in [0.4, 0.5) is 0 Å². The second-order valence-corrected chi connectivity index (χ2v) is 5.16. The van der Waals surface area contributed by atoms with E-state index in [-0.39, 0.29) is 0 Å². The number of rotatable bonds is 6. The Hall–Kier alpha value is -1.39. The topological polar surface area (TPSA) is 56.7 Å². The summed E-state index contributed by atoms with van der Waals surface area (Å²) < 4.78 is 1.83. The van der Waals surface area contributed by atoms with Gasteiger partial charge in [0.25, 0.3) is 0 Å². The molecule has 19 heavy (non-hydrogen) atoms. The van der Waals surface area contributed by atoms with Crippen LogP contribution in [-0.4, -0.2) is 21.5 Å². The van der Waals surface area contributed by atoms with Crippen LogP contribution < -0.4 is 5.73 Å². The van der Waals surface area contributed by atoms with Crippen LogP contribution in [-0.2, 0) is 13.0 Å². The first kappa shape index (κ1) is 14.0. The number of nitrogens with zero attached hydrogens (tertiary/aromatic N) is 3. The number of nitrogens with two attached hydrogens (primary N) is 1. The summed E-state index contributed by atoms with van der Waals surface area (Å²) in [6, 6.07) is 6.06. The minimum atomic E-state index is 0.656. The third kappa shape index (κ3) is 4.04. The van der Waals surface area contributed by atoms with Gasteiger partial charge in [-0.1, -0.05) is 28.9 Å². The normalized spacial score (nSPS) is 10.9. The lowest BCUT2D eigenvalue weighted by Gasteiger charge is -2.04. The molecule has 5 heteroatoms. The summed E-state index contributed by atoms with van der Waals surface area (Å²) in [4.78, 5) is 0. The predicted octanol–water partition coefficient (Wildman–Crippen LogP) is 2.57. The molecule has 2 aromatic rings. The zero-order chi connectivity index (χ0) is 13.7. The number of unbranched alkanes of at least 4 members (excludes halogenated alkanes) is 1. The van der Waals surface area contributed by atoms with Gasteiger partial charge in [-0.3, -0.25) is 0 Å². The summed E-state index contributed by atoms with van der Waals surface area (Å²) >= 11 is 6.21. The molecule has 1 aromatic carbocycles. The Bertz CT molecular complexity index is 536. The van der Waals surface area contributed by atoms with E-state index >= 15 is 0 Å². The highest BCUT2D eigenvalue weighted by Crippen LogP contribution is 2.18. The van der Waals surface area contributed by atoms with Crippen LogP contribution in [0.1, 0.15) is 29.7 Å². The van der Waals surface area contributed by atoms with Crippen LogP contribution in [0.3, 0.4) is 0 Å². The maximum atomic E-state index is 6.21. The van der Waals surface area contributed by atoms with Crippen molar-refractivity contribution < 1.29 is 0 Å². The van der Waals surface area contributed by atoms with Crippen molar-refractivity contribution in [3.8, 4) is 0 Å². The summed E-state index contributed by atoms with van der Waals surface area (Å²) in [7, 11) is 0.